The van der Waals surface area contributed by atoms with Crippen molar-refractivity contribution in [2.45, 2.75) is 24.2 Å². The van der Waals surface area contributed by atoms with Gasteiger partial charge in [-0.2, -0.15) is 9.57 Å². The summed E-state index contributed by atoms with van der Waals surface area (Å²) < 4.78 is 27.0. The van der Waals surface area contributed by atoms with Crippen LogP contribution in [0.5, 0.6) is 0 Å². The van der Waals surface area contributed by atoms with Gasteiger partial charge in [0, 0.05) is 24.3 Å². The number of sulfonamides is 1. The van der Waals surface area contributed by atoms with Crippen molar-refractivity contribution in [2.75, 3.05) is 18.4 Å². The van der Waals surface area contributed by atoms with E-state index in [0.29, 0.717) is 24.3 Å². The fraction of sp³-hybridized carbons (Fsp3) is 0.263. The molecular formula is C19H18ClN3O3S. The van der Waals surface area contributed by atoms with Gasteiger partial charge in [0.05, 0.1) is 15.5 Å². The largest absolute Gasteiger partial charge is 0.322 e. The van der Waals surface area contributed by atoms with Gasteiger partial charge in [0.2, 0.25) is 10.0 Å². The first-order chi connectivity index (χ1) is 12.9. The van der Waals surface area contributed by atoms with Gasteiger partial charge in [-0.05, 0) is 49.2 Å². The smallest absolute Gasteiger partial charge is 0.255 e. The lowest BCUT2D eigenvalue weighted by Crippen LogP contribution is -2.35. The molecule has 0 aromatic heterocycles. The monoisotopic (exact) mass is 403 g/mol. The number of halogens is 1. The number of nitrogens with zero attached hydrogens (tertiary/aromatic N) is 2. The lowest BCUT2D eigenvalue weighted by molar-refractivity contribution is 0.102. The molecule has 1 N–H and O–H groups in total. The molecule has 1 saturated heterocycles. The van der Waals surface area contributed by atoms with Crippen LogP contribution in [-0.2, 0) is 10.0 Å². The fourth-order valence-corrected chi connectivity index (χ4v) is 4.73. The van der Waals surface area contributed by atoms with Crippen molar-refractivity contribution in [2.24, 2.45) is 0 Å². The summed E-state index contributed by atoms with van der Waals surface area (Å²) >= 11 is 5.97. The minimum atomic E-state index is -3.61. The molecule has 0 aliphatic carbocycles. The highest BCUT2D eigenvalue weighted by Gasteiger charge is 2.26. The van der Waals surface area contributed by atoms with Crippen molar-refractivity contribution >= 4 is 33.2 Å². The number of carbonyl (C=O) groups is 1. The molecule has 1 amide bonds. The first kappa shape index (κ1) is 19.4. The summed E-state index contributed by atoms with van der Waals surface area (Å²) in [6, 6.07) is 12.5. The third kappa shape index (κ3) is 4.30. The lowest BCUT2D eigenvalue weighted by atomic mass is 10.2. The van der Waals surface area contributed by atoms with E-state index in [9.17, 15) is 13.2 Å². The first-order valence-electron chi connectivity index (χ1n) is 8.53. The molecule has 2 aromatic rings. The van der Waals surface area contributed by atoms with Crippen molar-refractivity contribution in [3.8, 4) is 6.07 Å². The van der Waals surface area contributed by atoms with E-state index in [4.69, 9.17) is 16.9 Å². The molecule has 3 rings (SSSR count). The van der Waals surface area contributed by atoms with E-state index >= 15 is 0 Å². The molecule has 1 aliphatic heterocycles. The highest BCUT2D eigenvalue weighted by atomic mass is 35.5. The Morgan fingerprint density at radius 1 is 1.11 bits per heavy atom. The Hall–Kier alpha value is -2.40. The van der Waals surface area contributed by atoms with Crippen molar-refractivity contribution in [1.29, 1.82) is 5.26 Å². The zero-order valence-electron chi connectivity index (χ0n) is 14.5. The normalized spacial score (nSPS) is 15.1. The second-order valence-corrected chi connectivity index (χ2v) is 8.60. The first-order valence-corrected chi connectivity index (χ1v) is 10.3. The maximum Gasteiger partial charge on any atom is 0.255 e. The van der Waals surface area contributed by atoms with Crippen molar-refractivity contribution < 1.29 is 13.2 Å². The highest BCUT2D eigenvalue weighted by molar-refractivity contribution is 7.89. The van der Waals surface area contributed by atoms with Gasteiger partial charge < -0.3 is 5.32 Å². The van der Waals surface area contributed by atoms with E-state index < -0.39 is 15.9 Å². The molecule has 0 radical (unpaired) electrons. The van der Waals surface area contributed by atoms with Crippen LogP contribution in [0.1, 0.15) is 35.2 Å². The molecule has 0 spiro atoms. The Kier molecular flexibility index (Phi) is 5.80. The minimum absolute atomic E-state index is 0.106. The number of benzene rings is 2. The molecule has 1 heterocycles. The Bertz CT molecular complexity index is 1010. The lowest BCUT2D eigenvalue weighted by Gasteiger charge is -2.26. The molecule has 0 saturated carbocycles. The summed E-state index contributed by atoms with van der Waals surface area (Å²) in [4.78, 5) is 12.6. The molecule has 8 heteroatoms. The summed E-state index contributed by atoms with van der Waals surface area (Å²) in [7, 11) is -3.61. The number of amides is 1. The summed E-state index contributed by atoms with van der Waals surface area (Å²) in [6.07, 6.45) is 2.72. The second kappa shape index (κ2) is 8.09. The number of hydrogen-bond donors (Lipinski definition) is 1. The van der Waals surface area contributed by atoms with Gasteiger partial charge in [-0.1, -0.05) is 24.1 Å². The topological polar surface area (TPSA) is 90.3 Å². The van der Waals surface area contributed by atoms with Crippen LogP contribution < -0.4 is 5.32 Å². The van der Waals surface area contributed by atoms with Gasteiger partial charge in [0.1, 0.15) is 6.07 Å². The maximum absolute atomic E-state index is 12.8. The number of rotatable bonds is 4. The Morgan fingerprint density at radius 3 is 2.52 bits per heavy atom. The molecule has 6 nitrogen and oxygen atoms in total. The van der Waals surface area contributed by atoms with Crippen LogP contribution in [0.4, 0.5) is 5.69 Å². The van der Waals surface area contributed by atoms with Gasteiger partial charge in [-0.25, -0.2) is 8.42 Å². The van der Waals surface area contributed by atoms with E-state index in [1.54, 1.807) is 18.2 Å². The third-order valence-corrected chi connectivity index (χ3v) is 6.60. The fourth-order valence-electron chi connectivity index (χ4n) is 2.94. The van der Waals surface area contributed by atoms with Gasteiger partial charge in [-0.15, -0.1) is 0 Å². The number of carbonyl (C=O) groups excluding carboxylic acids is 1. The zero-order chi connectivity index (χ0) is 19.4. The van der Waals surface area contributed by atoms with Crippen LogP contribution in [0.3, 0.4) is 0 Å². The van der Waals surface area contributed by atoms with Gasteiger partial charge in [0.15, 0.2) is 0 Å². The van der Waals surface area contributed by atoms with Crippen molar-refractivity contribution in [3.05, 3.63) is 58.6 Å². The van der Waals surface area contributed by atoms with Crippen molar-refractivity contribution in [3.63, 3.8) is 0 Å². The molecule has 0 atom stereocenters. The Balaban J connectivity index is 1.81. The third-order valence-electron chi connectivity index (χ3n) is 4.40. The second-order valence-electron chi connectivity index (χ2n) is 6.25. The molecule has 1 fully saturated rings. The standard InChI is InChI=1S/C19H18ClN3O3S/c20-18-12-16(8-7-15(18)13-21)22-19(24)14-5-4-6-17(11-14)27(25,26)23-9-2-1-3-10-23/h4-8,11-12H,1-3,9-10H2,(H,22,24). The molecule has 2 aromatic carbocycles. The van der Waals surface area contributed by atoms with Crippen LogP contribution in [0.25, 0.3) is 0 Å². The summed E-state index contributed by atoms with van der Waals surface area (Å²) in [5.41, 5.74) is 0.964. The van der Waals surface area contributed by atoms with E-state index in [1.807, 2.05) is 6.07 Å². The molecule has 1 aliphatic rings. The van der Waals surface area contributed by atoms with E-state index in [2.05, 4.69) is 5.32 Å². The van der Waals surface area contributed by atoms with Crippen LogP contribution in [-0.4, -0.2) is 31.7 Å². The number of hydrogen-bond acceptors (Lipinski definition) is 4. The average molecular weight is 404 g/mol. The zero-order valence-corrected chi connectivity index (χ0v) is 16.1. The number of nitriles is 1. The average Bonchev–Trinajstić information content (AvgIpc) is 2.69. The molecule has 0 unspecified atom stereocenters. The maximum atomic E-state index is 12.8. The quantitative estimate of drug-likeness (QED) is 0.843. The molecular weight excluding hydrogens is 386 g/mol. The summed E-state index contributed by atoms with van der Waals surface area (Å²) in [6.45, 7) is 1.00. The van der Waals surface area contributed by atoms with Crippen LogP contribution in [0, 0.1) is 11.3 Å². The predicted octanol–water partition coefficient (Wildman–Crippen LogP) is 3.64. The van der Waals surface area contributed by atoms with E-state index in [0.717, 1.165) is 19.3 Å². The Labute approximate surface area is 163 Å². The van der Waals surface area contributed by atoms with Crippen LogP contribution >= 0.6 is 11.6 Å². The van der Waals surface area contributed by atoms with Gasteiger partial charge in [0.25, 0.3) is 5.91 Å². The summed E-state index contributed by atoms with van der Waals surface area (Å²) in [5, 5.41) is 11.8. The minimum Gasteiger partial charge on any atom is -0.322 e. The number of nitrogens with one attached hydrogen (secondary N) is 1. The Morgan fingerprint density at radius 2 is 1.85 bits per heavy atom. The number of piperidine rings is 1. The predicted molar refractivity (Wildman–Crippen MR) is 103 cm³/mol. The molecule has 27 heavy (non-hydrogen) atoms. The van der Waals surface area contributed by atoms with Gasteiger partial charge in [-0.3, -0.25) is 4.79 Å². The van der Waals surface area contributed by atoms with E-state index in [1.165, 1.54) is 28.6 Å². The molecule has 140 valence electrons. The highest BCUT2D eigenvalue weighted by Crippen LogP contribution is 2.23. The SMILES string of the molecule is N#Cc1ccc(NC(=O)c2cccc(S(=O)(=O)N3CCCCC3)c2)cc1Cl. The number of anilines is 1. The van der Waals surface area contributed by atoms with Crippen LogP contribution in [0.15, 0.2) is 47.4 Å². The van der Waals surface area contributed by atoms with Crippen molar-refractivity contribution in [1.82, 2.24) is 4.31 Å². The van der Waals surface area contributed by atoms with Gasteiger partial charge >= 0.3 is 0 Å². The van der Waals surface area contributed by atoms with E-state index in [-0.39, 0.29) is 15.5 Å². The summed E-state index contributed by atoms with van der Waals surface area (Å²) in [5.74, 6) is -0.452. The molecule has 0 bridgehead atoms. The van der Waals surface area contributed by atoms with Crippen LogP contribution in [0.2, 0.25) is 5.02 Å².